The van der Waals surface area contributed by atoms with Crippen LogP contribution in [0.25, 0.3) is 21.8 Å². The quantitative estimate of drug-likeness (QED) is 0.341. The van der Waals surface area contributed by atoms with Gasteiger partial charge < -0.3 is 9.13 Å². The van der Waals surface area contributed by atoms with E-state index in [4.69, 9.17) is 0 Å². The molecular formula is C27H26N2. The van der Waals surface area contributed by atoms with E-state index in [9.17, 15) is 0 Å². The molecule has 29 heavy (non-hydrogen) atoms. The molecule has 5 aromatic rings. The van der Waals surface area contributed by atoms with Crippen LogP contribution in [0.3, 0.4) is 0 Å². The second kappa shape index (κ2) is 6.66. The van der Waals surface area contributed by atoms with E-state index in [2.05, 4.69) is 116 Å². The average molecular weight is 379 g/mol. The van der Waals surface area contributed by atoms with Crippen LogP contribution < -0.4 is 0 Å². The Morgan fingerprint density at radius 1 is 0.552 bits per heavy atom. The van der Waals surface area contributed by atoms with Crippen LogP contribution in [0.4, 0.5) is 0 Å². The Morgan fingerprint density at radius 2 is 0.966 bits per heavy atom. The molecule has 2 nitrogen and oxygen atoms in total. The van der Waals surface area contributed by atoms with Crippen LogP contribution in [0, 0.1) is 13.8 Å². The fraction of sp³-hybridized carbons (Fsp3) is 0.185. The first-order valence-electron chi connectivity index (χ1n) is 10.2. The summed E-state index contributed by atoms with van der Waals surface area (Å²) in [6.45, 7) is 4.51. The van der Waals surface area contributed by atoms with Gasteiger partial charge in [-0.15, -0.1) is 0 Å². The Kier molecular flexibility index (Phi) is 4.09. The first-order valence-corrected chi connectivity index (χ1v) is 10.2. The molecule has 0 N–H and O–H groups in total. The lowest BCUT2D eigenvalue weighted by Gasteiger charge is -2.20. The van der Waals surface area contributed by atoms with Gasteiger partial charge in [0, 0.05) is 53.2 Å². The van der Waals surface area contributed by atoms with Crippen LogP contribution >= 0.6 is 0 Å². The molecule has 0 aliphatic carbocycles. The predicted octanol–water partition coefficient (Wildman–Crippen LogP) is 6.47. The molecule has 2 heterocycles. The van der Waals surface area contributed by atoms with Crippen molar-refractivity contribution in [2.45, 2.75) is 19.8 Å². The van der Waals surface area contributed by atoms with Gasteiger partial charge in [0.25, 0.3) is 0 Å². The third-order valence-corrected chi connectivity index (χ3v) is 6.61. The maximum absolute atomic E-state index is 2.33. The largest absolute Gasteiger partial charge is 0.348 e. The summed E-state index contributed by atoms with van der Waals surface area (Å²) in [5.74, 6) is 0.188. The number of hydrogen-bond donors (Lipinski definition) is 0. The molecule has 144 valence electrons. The number of nitrogens with zero attached hydrogens (tertiary/aromatic N) is 2. The normalized spacial score (nSPS) is 11.8. The third kappa shape index (κ3) is 2.56. The van der Waals surface area contributed by atoms with Crippen LogP contribution in [0.15, 0.2) is 78.9 Å². The summed E-state index contributed by atoms with van der Waals surface area (Å²) in [6.07, 6.45) is 0. The number of hydrogen-bond acceptors (Lipinski definition) is 0. The monoisotopic (exact) mass is 378 g/mol. The lowest BCUT2D eigenvalue weighted by Crippen LogP contribution is -2.07. The van der Waals surface area contributed by atoms with Gasteiger partial charge in [0.15, 0.2) is 0 Å². The van der Waals surface area contributed by atoms with Crippen molar-refractivity contribution in [1.29, 1.82) is 0 Å². The molecule has 3 aromatic carbocycles. The Labute approximate surface area is 172 Å². The van der Waals surface area contributed by atoms with Crippen molar-refractivity contribution in [3.63, 3.8) is 0 Å². The molecular weight excluding hydrogens is 352 g/mol. The highest BCUT2D eigenvalue weighted by Gasteiger charge is 2.28. The Morgan fingerprint density at radius 3 is 1.45 bits per heavy atom. The number of rotatable bonds is 3. The van der Waals surface area contributed by atoms with Gasteiger partial charge in [0.05, 0.1) is 0 Å². The van der Waals surface area contributed by atoms with Crippen LogP contribution in [0.1, 0.15) is 34.0 Å². The minimum Gasteiger partial charge on any atom is -0.348 e. The zero-order valence-corrected chi connectivity index (χ0v) is 17.5. The van der Waals surface area contributed by atoms with Crippen LogP contribution in [0.2, 0.25) is 0 Å². The zero-order chi connectivity index (χ0) is 20.1. The van der Waals surface area contributed by atoms with Gasteiger partial charge in [-0.1, -0.05) is 66.7 Å². The van der Waals surface area contributed by atoms with E-state index in [0.29, 0.717) is 0 Å². The highest BCUT2D eigenvalue weighted by molar-refractivity contribution is 5.91. The molecule has 0 fully saturated rings. The molecule has 0 spiro atoms. The summed E-state index contributed by atoms with van der Waals surface area (Å²) in [5, 5.41) is 2.68. The van der Waals surface area contributed by atoms with Gasteiger partial charge in [-0.2, -0.15) is 0 Å². The van der Waals surface area contributed by atoms with Crippen molar-refractivity contribution in [1.82, 2.24) is 9.13 Å². The average Bonchev–Trinajstić information content (AvgIpc) is 3.16. The molecule has 0 bridgehead atoms. The summed E-state index contributed by atoms with van der Waals surface area (Å²) in [5.41, 5.74) is 9.39. The molecule has 0 amide bonds. The predicted molar refractivity (Wildman–Crippen MR) is 123 cm³/mol. The van der Waals surface area contributed by atoms with Crippen molar-refractivity contribution >= 4 is 21.8 Å². The molecule has 0 saturated heterocycles. The first-order chi connectivity index (χ1) is 14.1. The van der Waals surface area contributed by atoms with Gasteiger partial charge >= 0.3 is 0 Å². The topological polar surface area (TPSA) is 9.86 Å². The number of para-hydroxylation sites is 2. The molecule has 0 unspecified atom stereocenters. The summed E-state index contributed by atoms with van der Waals surface area (Å²) in [6, 6.07) is 28.5. The van der Waals surface area contributed by atoms with Crippen LogP contribution in [-0.2, 0) is 14.1 Å². The number of benzene rings is 3. The number of fused-ring (bicyclic) bond motifs is 2. The highest BCUT2D eigenvalue weighted by Crippen LogP contribution is 2.43. The highest BCUT2D eigenvalue weighted by atomic mass is 15.0. The fourth-order valence-electron chi connectivity index (χ4n) is 4.95. The van der Waals surface area contributed by atoms with E-state index in [1.807, 2.05) is 0 Å². The van der Waals surface area contributed by atoms with Crippen molar-refractivity contribution in [2.75, 3.05) is 0 Å². The maximum Gasteiger partial charge on any atom is 0.0483 e. The van der Waals surface area contributed by atoms with Gasteiger partial charge in [0.1, 0.15) is 0 Å². The van der Waals surface area contributed by atoms with Crippen molar-refractivity contribution < 1.29 is 0 Å². The third-order valence-electron chi connectivity index (χ3n) is 6.61. The van der Waals surface area contributed by atoms with E-state index in [0.717, 1.165) is 0 Å². The van der Waals surface area contributed by atoms with Gasteiger partial charge in [-0.25, -0.2) is 0 Å². The second-order valence-electron chi connectivity index (χ2n) is 7.99. The molecule has 5 rings (SSSR count). The Hall–Kier alpha value is -3.26. The first kappa shape index (κ1) is 17.8. The minimum atomic E-state index is 0.188. The maximum atomic E-state index is 2.33. The summed E-state index contributed by atoms with van der Waals surface area (Å²) >= 11 is 0. The minimum absolute atomic E-state index is 0.188. The second-order valence-corrected chi connectivity index (χ2v) is 7.99. The lowest BCUT2D eigenvalue weighted by molar-refractivity contribution is 0.857. The van der Waals surface area contributed by atoms with E-state index in [1.165, 1.54) is 49.9 Å². The van der Waals surface area contributed by atoms with Crippen LogP contribution in [0.5, 0.6) is 0 Å². The molecule has 2 aromatic heterocycles. The zero-order valence-electron chi connectivity index (χ0n) is 17.5. The van der Waals surface area contributed by atoms with E-state index < -0.39 is 0 Å². The van der Waals surface area contributed by atoms with Crippen molar-refractivity contribution in [2.24, 2.45) is 14.1 Å². The SMILES string of the molecule is Cc1c(C(c2ccccc2)c2c(C)n(C)c3ccccc23)c2ccccc2n1C. The molecule has 0 atom stereocenters. The summed E-state index contributed by atoms with van der Waals surface area (Å²) in [7, 11) is 4.36. The molecule has 0 saturated carbocycles. The van der Waals surface area contributed by atoms with Gasteiger partial charge in [-0.05, 0) is 42.7 Å². The molecule has 2 heteroatoms. The molecule has 0 radical (unpaired) electrons. The smallest absolute Gasteiger partial charge is 0.0483 e. The van der Waals surface area contributed by atoms with Crippen LogP contribution in [-0.4, -0.2) is 9.13 Å². The van der Waals surface area contributed by atoms with E-state index >= 15 is 0 Å². The van der Waals surface area contributed by atoms with Gasteiger partial charge in [-0.3, -0.25) is 0 Å². The Bertz CT molecular complexity index is 1250. The van der Waals surface area contributed by atoms with E-state index in [-0.39, 0.29) is 5.92 Å². The number of aryl methyl sites for hydroxylation is 2. The summed E-state index contributed by atoms with van der Waals surface area (Å²) in [4.78, 5) is 0. The summed E-state index contributed by atoms with van der Waals surface area (Å²) < 4.78 is 4.67. The van der Waals surface area contributed by atoms with Crippen molar-refractivity contribution in [3.8, 4) is 0 Å². The molecule has 0 aliphatic heterocycles. The Balaban J connectivity index is 1.93. The fourth-order valence-corrected chi connectivity index (χ4v) is 4.95. The van der Waals surface area contributed by atoms with E-state index in [1.54, 1.807) is 0 Å². The van der Waals surface area contributed by atoms with Gasteiger partial charge in [0.2, 0.25) is 0 Å². The standard InChI is InChI=1S/C27H26N2/c1-18-25(21-14-8-10-16-23(21)28(18)3)27(20-12-6-5-7-13-20)26-19(2)29(4)24-17-11-9-15-22(24)26/h5-17,27H,1-4H3. The number of aromatic nitrogens is 2. The lowest BCUT2D eigenvalue weighted by atomic mass is 9.82. The molecule has 0 aliphatic rings. The van der Waals surface area contributed by atoms with Crippen molar-refractivity contribution in [3.05, 3.63) is 107 Å².